The van der Waals surface area contributed by atoms with Crippen molar-refractivity contribution in [2.45, 2.75) is 6.92 Å². The molecule has 4 nitrogen and oxygen atoms in total. The van der Waals surface area contributed by atoms with Crippen LogP contribution < -0.4 is 5.32 Å². The molecule has 2 aromatic heterocycles. The van der Waals surface area contributed by atoms with Gasteiger partial charge in [-0.3, -0.25) is 9.81 Å². The van der Waals surface area contributed by atoms with Crippen molar-refractivity contribution in [2.75, 3.05) is 0 Å². The van der Waals surface area contributed by atoms with E-state index in [9.17, 15) is 5.41 Å². The van der Waals surface area contributed by atoms with Crippen LogP contribution in [0, 0.1) is 5.41 Å². The molecule has 0 fully saturated rings. The molecular weight excluding hydrogens is 500 g/mol. The van der Waals surface area contributed by atoms with Crippen LogP contribution in [0.1, 0.15) is 29.2 Å². The van der Waals surface area contributed by atoms with Crippen LogP contribution in [-0.4, -0.2) is 15.1 Å². The molecule has 1 aliphatic rings. The lowest BCUT2D eigenvalue weighted by molar-refractivity contribution is 1.19. The van der Waals surface area contributed by atoms with E-state index >= 15 is 0 Å². The molecule has 3 heterocycles. The molecule has 4 heteroatoms. The molecule has 0 aliphatic carbocycles. The van der Waals surface area contributed by atoms with E-state index in [-0.39, 0.29) is 0 Å². The van der Waals surface area contributed by atoms with Gasteiger partial charge >= 0.3 is 0 Å². The maximum atomic E-state index is 9.35. The highest BCUT2D eigenvalue weighted by Crippen LogP contribution is 2.35. The zero-order valence-electron chi connectivity index (χ0n) is 22.7. The number of fused-ring (bicyclic) bond motifs is 2. The third-order valence-corrected chi connectivity index (χ3v) is 7.63. The molecule has 6 aromatic rings. The number of hydrogen-bond donors (Lipinski definition) is 2. The Bertz CT molecular complexity index is 1980. The van der Waals surface area contributed by atoms with Crippen molar-refractivity contribution in [3.05, 3.63) is 161 Å². The molecule has 0 spiro atoms. The third kappa shape index (κ3) is 4.46. The van der Waals surface area contributed by atoms with E-state index in [4.69, 9.17) is 4.98 Å². The molecule has 196 valence electrons. The molecule has 0 bridgehead atoms. The summed E-state index contributed by atoms with van der Waals surface area (Å²) in [6.07, 6.45) is 4.23. The van der Waals surface area contributed by atoms with Crippen molar-refractivity contribution in [1.29, 1.82) is 5.41 Å². The molecule has 0 saturated carbocycles. The Balaban J connectivity index is 1.33. The summed E-state index contributed by atoms with van der Waals surface area (Å²) < 4.78 is 2.13. The fourth-order valence-corrected chi connectivity index (χ4v) is 5.55. The zero-order valence-corrected chi connectivity index (χ0v) is 22.7. The van der Waals surface area contributed by atoms with E-state index in [1.807, 2.05) is 73.7 Å². The lowest BCUT2D eigenvalue weighted by atomic mass is 9.91. The van der Waals surface area contributed by atoms with Crippen molar-refractivity contribution in [3.8, 4) is 22.5 Å². The van der Waals surface area contributed by atoms with Crippen molar-refractivity contribution in [2.24, 2.45) is 0 Å². The normalized spacial score (nSPS) is 13.7. The largest absolute Gasteiger partial charge is 0.354 e. The Labute approximate surface area is 239 Å². The van der Waals surface area contributed by atoms with Gasteiger partial charge in [0, 0.05) is 34.1 Å². The van der Waals surface area contributed by atoms with Crippen LogP contribution in [0.25, 0.3) is 45.6 Å². The summed E-state index contributed by atoms with van der Waals surface area (Å²) in [6, 6.07) is 43.3. The first-order valence-electron chi connectivity index (χ1n) is 13.7. The summed E-state index contributed by atoms with van der Waals surface area (Å²) in [5, 5.41) is 13.0. The minimum Gasteiger partial charge on any atom is -0.354 e. The summed E-state index contributed by atoms with van der Waals surface area (Å²) >= 11 is 0. The average molecular weight is 529 g/mol. The van der Waals surface area contributed by atoms with Gasteiger partial charge in [0.2, 0.25) is 0 Å². The van der Waals surface area contributed by atoms with E-state index in [1.54, 1.807) is 0 Å². The van der Waals surface area contributed by atoms with Gasteiger partial charge in [0.05, 0.1) is 22.8 Å². The molecular formula is C37H28N4. The van der Waals surface area contributed by atoms with Crippen LogP contribution in [0.5, 0.6) is 0 Å². The first kappa shape index (κ1) is 24.6. The Morgan fingerprint density at radius 1 is 0.707 bits per heavy atom. The van der Waals surface area contributed by atoms with Gasteiger partial charge in [-0.2, -0.15) is 0 Å². The van der Waals surface area contributed by atoms with Crippen LogP contribution in [0.15, 0.2) is 139 Å². The van der Waals surface area contributed by atoms with E-state index in [0.29, 0.717) is 5.71 Å². The number of benzene rings is 4. The topological polar surface area (TPSA) is 53.2 Å². The average Bonchev–Trinajstić information content (AvgIpc) is 3.44. The van der Waals surface area contributed by atoms with Gasteiger partial charge in [-0.25, -0.2) is 4.98 Å². The highest BCUT2D eigenvalue weighted by Gasteiger charge is 2.21. The second kappa shape index (κ2) is 10.2. The second-order valence-electron chi connectivity index (χ2n) is 10.2. The Morgan fingerprint density at radius 3 is 2.20 bits per heavy atom. The maximum Gasteiger partial charge on any atom is 0.137 e. The smallest absolute Gasteiger partial charge is 0.137 e. The minimum atomic E-state index is 0.480. The summed E-state index contributed by atoms with van der Waals surface area (Å²) in [4.78, 5) is 4.99. The minimum absolute atomic E-state index is 0.480. The van der Waals surface area contributed by atoms with Crippen LogP contribution in [0.4, 0.5) is 0 Å². The molecule has 2 N–H and O–H groups in total. The number of nitrogens with zero attached hydrogens (tertiary/aromatic N) is 2. The van der Waals surface area contributed by atoms with Crippen molar-refractivity contribution in [1.82, 2.24) is 14.7 Å². The molecule has 0 radical (unpaired) electrons. The number of allylic oxidation sites excluding steroid dienone is 1. The molecule has 0 atom stereocenters. The molecule has 4 aromatic carbocycles. The second-order valence-corrected chi connectivity index (χ2v) is 10.2. The first-order valence-corrected chi connectivity index (χ1v) is 13.7. The van der Waals surface area contributed by atoms with Crippen LogP contribution in [0.2, 0.25) is 0 Å². The Morgan fingerprint density at radius 2 is 1.39 bits per heavy atom. The number of hydrogen-bond acceptors (Lipinski definition) is 3. The quantitative estimate of drug-likeness (QED) is 0.220. The van der Waals surface area contributed by atoms with E-state index in [2.05, 4.69) is 82.7 Å². The fraction of sp³-hybridized carbons (Fsp3) is 0.0270. The number of rotatable bonds is 5. The maximum absolute atomic E-state index is 9.35. The highest BCUT2D eigenvalue weighted by molar-refractivity contribution is 6.16. The Hall–Kier alpha value is -5.48. The fourth-order valence-electron chi connectivity index (χ4n) is 5.55. The molecule has 0 amide bonds. The van der Waals surface area contributed by atoms with Crippen molar-refractivity contribution < 1.29 is 0 Å². The number of nitrogens with one attached hydrogen (secondary N) is 2. The number of imidazole rings is 1. The number of pyridine rings is 1. The van der Waals surface area contributed by atoms with E-state index in [0.717, 1.165) is 67.4 Å². The van der Waals surface area contributed by atoms with Gasteiger partial charge in [-0.15, -0.1) is 0 Å². The van der Waals surface area contributed by atoms with Crippen LogP contribution in [0.3, 0.4) is 0 Å². The summed E-state index contributed by atoms with van der Waals surface area (Å²) in [5.74, 6) is 0. The first-order chi connectivity index (χ1) is 20.2. The lowest BCUT2D eigenvalue weighted by Gasteiger charge is -2.25. The monoisotopic (exact) mass is 528 g/mol. The van der Waals surface area contributed by atoms with Crippen LogP contribution in [-0.2, 0) is 0 Å². The van der Waals surface area contributed by atoms with Crippen LogP contribution >= 0.6 is 0 Å². The molecule has 0 unspecified atom stereocenters. The van der Waals surface area contributed by atoms with Gasteiger partial charge < -0.3 is 5.32 Å². The van der Waals surface area contributed by atoms with Gasteiger partial charge in [-0.05, 0) is 47.9 Å². The Kier molecular flexibility index (Phi) is 6.14. The standard InChI is InChI=1S/C37H28N4/c1-25(35-31-20-9-8-17-28(31)24-32(39-35)26-13-4-2-5-14-26)34(38)29-18-12-19-30(23-29)37-36(27-15-6-3-7-16-27)40-33-21-10-11-22-41(33)37/h2-24,38-39H,1H3/b35-25-,38-34?. The van der Waals surface area contributed by atoms with Gasteiger partial charge in [-0.1, -0.05) is 109 Å². The third-order valence-electron chi connectivity index (χ3n) is 7.63. The number of aromatic nitrogens is 2. The van der Waals surface area contributed by atoms with E-state index < -0.39 is 0 Å². The van der Waals surface area contributed by atoms with Gasteiger partial charge in [0.25, 0.3) is 0 Å². The predicted molar refractivity (Wildman–Crippen MR) is 169 cm³/mol. The van der Waals surface area contributed by atoms with Crippen molar-refractivity contribution in [3.63, 3.8) is 0 Å². The SMILES string of the molecule is C/C(C(=N)c1cccc(-c2c(-c3ccccc3)nc3ccccn23)c1)=C1/NC(c2ccccc2)=Cc2ccccc21. The van der Waals surface area contributed by atoms with Gasteiger partial charge in [0.1, 0.15) is 5.65 Å². The zero-order chi connectivity index (χ0) is 27.8. The highest BCUT2D eigenvalue weighted by atomic mass is 15.0. The summed E-state index contributed by atoms with van der Waals surface area (Å²) in [5.41, 5.74) is 12.5. The predicted octanol–water partition coefficient (Wildman–Crippen LogP) is 8.57. The van der Waals surface area contributed by atoms with Gasteiger partial charge in [0.15, 0.2) is 0 Å². The van der Waals surface area contributed by atoms with E-state index in [1.165, 1.54) is 0 Å². The summed E-state index contributed by atoms with van der Waals surface area (Å²) in [6.45, 7) is 2.03. The summed E-state index contributed by atoms with van der Waals surface area (Å²) in [7, 11) is 0. The molecule has 1 aliphatic heterocycles. The van der Waals surface area contributed by atoms with Crippen molar-refractivity contribution >= 4 is 28.8 Å². The lowest BCUT2D eigenvalue weighted by Crippen LogP contribution is -2.19. The molecule has 41 heavy (non-hydrogen) atoms. The molecule has 7 rings (SSSR count). The molecule has 0 saturated heterocycles.